The second-order valence-corrected chi connectivity index (χ2v) is 6.74. The van der Waals surface area contributed by atoms with E-state index in [-0.39, 0.29) is 19.1 Å². The third-order valence-electron chi connectivity index (χ3n) is 3.90. The Morgan fingerprint density at radius 1 is 1.04 bits per heavy atom. The van der Waals surface area contributed by atoms with Gasteiger partial charge in [-0.25, -0.2) is 9.78 Å². The molecule has 0 N–H and O–H groups in total. The number of likely N-dealkylation sites (N-methyl/N-ethyl adjacent to an activating group) is 1. The van der Waals surface area contributed by atoms with Crippen LogP contribution in [-0.2, 0) is 14.3 Å². The van der Waals surface area contributed by atoms with E-state index in [0.717, 1.165) is 10.2 Å². The number of hydrogen-bond donors (Lipinski definition) is 0. The summed E-state index contributed by atoms with van der Waals surface area (Å²) in [6.45, 7) is 1.62. The summed E-state index contributed by atoms with van der Waals surface area (Å²) in [5.41, 5.74) is 0.832. The Bertz CT molecular complexity index is 922. The number of fused-ring (bicyclic) bond motifs is 1. The molecule has 0 fully saturated rings. The molecule has 0 atom stereocenters. The molecule has 0 unspecified atom stereocenters. The minimum atomic E-state index is -0.621. The van der Waals surface area contributed by atoms with Crippen LogP contribution in [0.1, 0.15) is 6.92 Å². The van der Waals surface area contributed by atoms with Gasteiger partial charge in [-0.2, -0.15) is 0 Å². The number of aromatic nitrogens is 1. The van der Waals surface area contributed by atoms with Crippen LogP contribution in [0.25, 0.3) is 10.2 Å². The zero-order chi connectivity index (χ0) is 19.9. The van der Waals surface area contributed by atoms with Crippen molar-refractivity contribution < 1.29 is 23.8 Å². The Morgan fingerprint density at radius 2 is 1.75 bits per heavy atom. The zero-order valence-electron chi connectivity index (χ0n) is 15.6. The summed E-state index contributed by atoms with van der Waals surface area (Å²) in [5.74, 6) is 0.243. The maximum atomic E-state index is 12.5. The Labute approximate surface area is 166 Å². The summed E-state index contributed by atoms with van der Waals surface area (Å²) in [7, 11) is 1.57. The highest BCUT2D eigenvalue weighted by atomic mass is 32.1. The van der Waals surface area contributed by atoms with E-state index >= 15 is 0 Å². The van der Waals surface area contributed by atoms with Gasteiger partial charge in [-0.3, -0.25) is 9.69 Å². The van der Waals surface area contributed by atoms with E-state index in [4.69, 9.17) is 14.2 Å². The van der Waals surface area contributed by atoms with Crippen LogP contribution in [0.4, 0.5) is 5.13 Å². The fraction of sp³-hybridized carbons (Fsp3) is 0.250. The van der Waals surface area contributed by atoms with E-state index in [0.29, 0.717) is 23.2 Å². The van der Waals surface area contributed by atoms with Crippen molar-refractivity contribution in [3.63, 3.8) is 0 Å². The Balaban J connectivity index is 1.51. The number of amides is 1. The molecule has 8 heteroatoms. The molecule has 0 saturated heterocycles. The fourth-order valence-electron chi connectivity index (χ4n) is 2.47. The van der Waals surface area contributed by atoms with Gasteiger partial charge in [0.25, 0.3) is 5.91 Å². The predicted molar refractivity (Wildman–Crippen MR) is 107 cm³/mol. The first-order chi connectivity index (χ1) is 13.6. The standard InChI is InChI=1S/C20H20N2O5S/c1-3-22(20-21-16-6-4-5-7-17(16)28-20)18(23)12-27-19(24)13-26-15-10-8-14(25-2)9-11-15/h4-11H,3,12-13H2,1-2H3. The van der Waals surface area contributed by atoms with Gasteiger partial charge in [0.15, 0.2) is 18.3 Å². The highest BCUT2D eigenvalue weighted by molar-refractivity contribution is 7.22. The SMILES string of the molecule is CCN(C(=O)COC(=O)COc1ccc(OC)cc1)c1nc2ccccc2s1. The van der Waals surface area contributed by atoms with Crippen LogP contribution in [0, 0.1) is 0 Å². The minimum absolute atomic E-state index is 0.285. The maximum absolute atomic E-state index is 12.5. The van der Waals surface area contributed by atoms with Crippen LogP contribution in [0.2, 0.25) is 0 Å². The van der Waals surface area contributed by atoms with Crippen LogP contribution in [0.5, 0.6) is 11.5 Å². The number of hydrogen-bond acceptors (Lipinski definition) is 7. The largest absolute Gasteiger partial charge is 0.497 e. The second-order valence-electron chi connectivity index (χ2n) is 5.73. The number of thiazole rings is 1. The van der Waals surface area contributed by atoms with Crippen molar-refractivity contribution in [1.29, 1.82) is 0 Å². The van der Waals surface area contributed by atoms with Crippen LogP contribution < -0.4 is 14.4 Å². The first-order valence-electron chi connectivity index (χ1n) is 8.69. The Hall–Kier alpha value is -3.13. The van der Waals surface area contributed by atoms with Crippen molar-refractivity contribution in [3.05, 3.63) is 48.5 Å². The molecule has 0 spiro atoms. The molecule has 2 aromatic carbocycles. The van der Waals surface area contributed by atoms with Gasteiger partial charge in [0, 0.05) is 6.54 Å². The summed E-state index contributed by atoms with van der Waals surface area (Å²) in [5, 5.41) is 0.583. The quantitative estimate of drug-likeness (QED) is 0.540. The third kappa shape index (κ3) is 4.77. The van der Waals surface area contributed by atoms with Gasteiger partial charge in [0.05, 0.1) is 17.3 Å². The highest BCUT2D eigenvalue weighted by Gasteiger charge is 2.19. The van der Waals surface area contributed by atoms with Gasteiger partial charge in [-0.1, -0.05) is 23.5 Å². The summed E-state index contributed by atoms with van der Waals surface area (Å²) < 4.78 is 16.4. The first kappa shape index (κ1) is 19.6. The molecular formula is C20H20N2O5S. The lowest BCUT2D eigenvalue weighted by atomic mass is 10.3. The number of rotatable bonds is 8. The average molecular weight is 400 g/mol. The van der Waals surface area contributed by atoms with Crippen molar-refractivity contribution in [2.24, 2.45) is 0 Å². The second kappa shape index (κ2) is 9.18. The highest BCUT2D eigenvalue weighted by Crippen LogP contribution is 2.28. The van der Waals surface area contributed by atoms with Crippen LogP contribution in [0.15, 0.2) is 48.5 Å². The number of benzene rings is 2. The van der Waals surface area contributed by atoms with Crippen LogP contribution in [-0.4, -0.2) is 43.7 Å². The zero-order valence-corrected chi connectivity index (χ0v) is 16.4. The summed E-state index contributed by atoms with van der Waals surface area (Å²) in [6, 6.07) is 14.5. The lowest BCUT2D eigenvalue weighted by molar-refractivity contribution is -0.149. The number of carbonyl (C=O) groups is 2. The van der Waals surface area contributed by atoms with Gasteiger partial charge in [0.1, 0.15) is 11.5 Å². The smallest absolute Gasteiger partial charge is 0.344 e. The molecule has 1 heterocycles. The van der Waals surface area contributed by atoms with Crippen molar-refractivity contribution in [2.75, 3.05) is 31.8 Å². The van der Waals surface area contributed by atoms with E-state index in [1.165, 1.54) is 16.2 Å². The Kier molecular flexibility index (Phi) is 6.44. The third-order valence-corrected chi connectivity index (χ3v) is 4.96. The number of ether oxygens (including phenoxy) is 3. The Morgan fingerprint density at radius 3 is 2.43 bits per heavy atom. The summed E-state index contributed by atoms with van der Waals surface area (Å²) >= 11 is 1.42. The van der Waals surface area contributed by atoms with Gasteiger partial charge in [0.2, 0.25) is 0 Å². The first-order valence-corrected chi connectivity index (χ1v) is 9.50. The number of nitrogens with zero attached hydrogens (tertiary/aromatic N) is 2. The number of methoxy groups -OCH3 is 1. The van der Waals surface area contributed by atoms with Gasteiger partial charge in [-0.15, -0.1) is 0 Å². The molecule has 1 amide bonds. The van der Waals surface area contributed by atoms with Gasteiger partial charge in [-0.05, 0) is 43.3 Å². The summed E-state index contributed by atoms with van der Waals surface area (Å²) in [6.07, 6.45) is 0. The van der Waals surface area contributed by atoms with Crippen molar-refractivity contribution in [2.45, 2.75) is 6.92 Å². The minimum Gasteiger partial charge on any atom is -0.497 e. The van der Waals surface area contributed by atoms with E-state index in [1.807, 2.05) is 31.2 Å². The summed E-state index contributed by atoms with van der Waals surface area (Å²) in [4.78, 5) is 30.3. The van der Waals surface area contributed by atoms with E-state index in [1.54, 1.807) is 31.4 Å². The molecule has 3 aromatic rings. The molecule has 28 heavy (non-hydrogen) atoms. The lowest BCUT2D eigenvalue weighted by Crippen LogP contribution is -2.35. The van der Waals surface area contributed by atoms with Crippen molar-refractivity contribution in [1.82, 2.24) is 4.98 Å². The van der Waals surface area contributed by atoms with Crippen LogP contribution in [0.3, 0.4) is 0 Å². The molecule has 0 aliphatic heterocycles. The van der Waals surface area contributed by atoms with Crippen molar-refractivity contribution in [3.8, 4) is 11.5 Å². The molecule has 0 bridgehead atoms. The molecule has 0 aliphatic rings. The molecule has 0 saturated carbocycles. The van der Waals surface area contributed by atoms with E-state index in [2.05, 4.69) is 4.98 Å². The van der Waals surface area contributed by atoms with Gasteiger partial charge >= 0.3 is 5.97 Å². The van der Waals surface area contributed by atoms with Crippen molar-refractivity contribution >= 4 is 38.6 Å². The molecule has 3 rings (SSSR count). The molecule has 7 nitrogen and oxygen atoms in total. The normalized spacial score (nSPS) is 10.5. The predicted octanol–water partition coefficient (Wildman–Crippen LogP) is 3.28. The number of esters is 1. The number of para-hydroxylation sites is 1. The van der Waals surface area contributed by atoms with E-state index < -0.39 is 5.97 Å². The number of anilines is 1. The van der Waals surface area contributed by atoms with E-state index in [9.17, 15) is 9.59 Å². The topological polar surface area (TPSA) is 78.0 Å². The van der Waals surface area contributed by atoms with Crippen LogP contribution >= 0.6 is 11.3 Å². The maximum Gasteiger partial charge on any atom is 0.344 e. The monoisotopic (exact) mass is 400 g/mol. The average Bonchev–Trinajstić information content (AvgIpc) is 3.15. The molecule has 146 valence electrons. The molecule has 1 aromatic heterocycles. The lowest BCUT2D eigenvalue weighted by Gasteiger charge is -2.17. The van der Waals surface area contributed by atoms with Gasteiger partial charge < -0.3 is 14.2 Å². The number of carbonyl (C=O) groups excluding carboxylic acids is 2. The fourth-order valence-corrected chi connectivity index (χ4v) is 3.52. The molecular weight excluding hydrogens is 380 g/mol. The molecule has 0 radical (unpaired) electrons. The molecule has 0 aliphatic carbocycles.